The third-order valence-electron chi connectivity index (χ3n) is 2.38. The molecule has 0 atom stereocenters. The molecule has 2 heterocycles. The van der Waals surface area contributed by atoms with Crippen molar-refractivity contribution in [3.05, 3.63) is 42.6 Å². The number of rotatable bonds is 5. The molecule has 7 nitrogen and oxygen atoms in total. The number of pyridine rings is 1. The largest absolute Gasteiger partial charge is 0.386 e. The zero-order valence-electron chi connectivity index (χ0n) is 10.2. The smallest absolute Gasteiger partial charge is 0.260 e. The maximum Gasteiger partial charge on any atom is 0.260 e. The van der Waals surface area contributed by atoms with Crippen LogP contribution in [0.2, 0.25) is 0 Å². The second kappa shape index (κ2) is 5.72. The number of hydrogen-bond acceptors (Lipinski definition) is 6. The Balaban J connectivity index is 2.19. The first-order valence-corrected chi connectivity index (χ1v) is 6.99. The molecular weight excluding hydrogens is 266 g/mol. The quantitative estimate of drug-likeness (QED) is 0.822. The Morgan fingerprint density at radius 3 is 2.74 bits per heavy atom. The van der Waals surface area contributed by atoms with Gasteiger partial charge >= 0.3 is 0 Å². The predicted octanol–water partition coefficient (Wildman–Crippen LogP) is 0.392. The van der Waals surface area contributed by atoms with Gasteiger partial charge in [-0.1, -0.05) is 0 Å². The average Bonchev–Trinajstić information content (AvgIpc) is 2.46. The van der Waals surface area contributed by atoms with Gasteiger partial charge in [0.25, 0.3) is 10.0 Å². The molecule has 0 amide bonds. The van der Waals surface area contributed by atoms with E-state index in [0.717, 1.165) is 0 Å². The van der Waals surface area contributed by atoms with Gasteiger partial charge in [0, 0.05) is 19.4 Å². The Bertz CT molecular complexity index is 645. The first kappa shape index (κ1) is 13.4. The van der Waals surface area contributed by atoms with Gasteiger partial charge in [0.15, 0.2) is 5.03 Å². The SMILES string of the molecule is CNc1cccnc1S(=O)(=O)NCc1ccncn1. The molecular formula is C11H13N5O2S. The zero-order valence-corrected chi connectivity index (χ0v) is 11.1. The summed E-state index contributed by atoms with van der Waals surface area (Å²) in [6, 6.07) is 4.95. The lowest BCUT2D eigenvalue weighted by molar-refractivity contribution is 0.577. The van der Waals surface area contributed by atoms with Crippen LogP contribution < -0.4 is 10.0 Å². The minimum atomic E-state index is -3.69. The maximum absolute atomic E-state index is 12.1. The van der Waals surface area contributed by atoms with Gasteiger partial charge in [-0.15, -0.1) is 0 Å². The highest BCUT2D eigenvalue weighted by molar-refractivity contribution is 7.89. The van der Waals surface area contributed by atoms with Crippen LogP contribution in [0.3, 0.4) is 0 Å². The fourth-order valence-electron chi connectivity index (χ4n) is 1.46. The van der Waals surface area contributed by atoms with E-state index in [2.05, 4.69) is 25.0 Å². The van der Waals surface area contributed by atoms with E-state index < -0.39 is 10.0 Å². The summed E-state index contributed by atoms with van der Waals surface area (Å²) in [5, 5.41) is 2.76. The Hall–Kier alpha value is -2.06. The molecule has 0 radical (unpaired) electrons. The Labute approximate surface area is 111 Å². The van der Waals surface area contributed by atoms with Crippen molar-refractivity contribution in [2.24, 2.45) is 0 Å². The average molecular weight is 279 g/mol. The predicted molar refractivity (Wildman–Crippen MR) is 69.8 cm³/mol. The molecule has 2 rings (SSSR count). The first-order valence-electron chi connectivity index (χ1n) is 5.51. The van der Waals surface area contributed by atoms with Crippen LogP contribution >= 0.6 is 0 Å². The highest BCUT2D eigenvalue weighted by atomic mass is 32.2. The molecule has 19 heavy (non-hydrogen) atoms. The van der Waals surface area contributed by atoms with Gasteiger partial charge in [0.1, 0.15) is 6.33 Å². The number of nitrogens with one attached hydrogen (secondary N) is 2. The van der Waals surface area contributed by atoms with Crippen LogP contribution in [0.25, 0.3) is 0 Å². The van der Waals surface area contributed by atoms with Crippen molar-refractivity contribution in [2.75, 3.05) is 12.4 Å². The zero-order chi connectivity index (χ0) is 13.7. The highest BCUT2D eigenvalue weighted by Gasteiger charge is 2.19. The molecule has 8 heteroatoms. The summed E-state index contributed by atoms with van der Waals surface area (Å²) in [6.45, 7) is 0.0879. The van der Waals surface area contributed by atoms with Gasteiger partial charge in [-0.3, -0.25) is 0 Å². The fraction of sp³-hybridized carbons (Fsp3) is 0.182. The van der Waals surface area contributed by atoms with E-state index in [0.29, 0.717) is 11.4 Å². The molecule has 0 aliphatic rings. The molecule has 0 saturated heterocycles. The van der Waals surface area contributed by atoms with Crippen molar-refractivity contribution in [1.29, 1.82) is 0 Å². The minimum absolute atomic E-state index is 0.0356. The number of sulfonamides is 1. The summed E-state index contributed by atoms with van der Waals surface area (Å²) in [6.07, 6.45) is 4.35. The molecule has 0 saturated carbocycles. The summed E-state index contributed by atoms with van der Waals surface area (Å²) < 4.78 is 26.7. The minimum Gasteiger partial charge on any atom is -0.386 e. The lowest BCUT2D eigenvalue weighted by atomic mass is 10.4. The summed E-state index contributed by atoms with van der Waals surface area (Å²) in [5.74, 6) is 0. The Kier molecular flexibility index (Phi) is 4.03. The first-order chi connectivity index (χ1) is 9.13. The van der Waals surface area contributed by atoms with Crippen molar-refractivity contribution in [2.45, 2.75) is 11.6 Å². The summed E-state index contributed by atoms with van der Waals surface area (Å²) in [4.78, 5) is 11.6. The third-order valence-corrected chi connectivity index (χ3v) is 3.74. The van der Waals surface area contributed by atoms with E-state index in [1.165, 1.54) is 12.5 Å². The van der Waals surface area contributed by atoms with Crippen molar-refractivity contribution in [3.63, 3.8) is 0 Å². The Morgan fingerprint density at radius 1 is 1.21 bits per heavy atom. The molecule has 2 aromatic rings. The molecule has 2 aromatic heterocycles. The molecule has 2 N–H and O–H groups in total. The van der Waals surface area contributed by atoms with Crippen LogP contribution in [0.15, 0.2) is 41.9 Å². The van der Waals surface area contributed by atoms with Gasteiger partial charge in [-0.05, 0) is 18.2 Å². The lowest BCUT2D eigenvalue weighted by Gasteiger charge is -2.09. The monoisotopic (exact) mass is 279 g/mol. The lowest BCUT2D eigenvalue weighted by Crippen LogP contribution is -2.25. The normalized spacial score (nSPS) is 11.2. The van der Waals surface area contributed by atoms with Crippen LogP contribution in [-0.2, 0) is 16.6 Å². The summed E-state index contributed by atoms with van der Waals surface area (Å²) in [5.41, 5.74) is 1.03. The molecule has 0 bridgehead atoms. The van der Waals surface area contributed by atoms with E-state index >= 15 is 0 Å². The number of aromatic nitrogens is 3. The maximum atomic E-state index is 12.1. The Morgan fingerprint density at radius 2 is 2.05 bits per heavy atom. The second-order valence-corrected chi connectivity index (χ2v) is 5.31. The van der Waals surface area contributed by atoms with Gasteiger partial charge in [0.05, 0.1) is 17.9 Å². The van der Waals surface area contributed by atoms with Crippen molar-refractivity contribution in [3.8, 4) is 0 Å². The van der Waals surface area contributed by atoms with Gasteiger partial charge < -0.3 is 5.32 Å². The standard InChI is InChI=1S/C11H13N5O2S/c1-12-10-3-2-5-14-11(10)19(17,18)16-7-9-4-6-13-8-15-9/h2-6,8,12,16H,7H2,1H3. The van der Waals surface area contributed by atoms with E-state index in [1.54, 1.807) is 31.4 Å². The molecule has 0 spiro atoms. The summed E-state index contributed by atoms with van der Waals surface area (Å²) in [7, 11) is -2.05. The van der Waals surface area contributed by atoms with Crippen molar-refractivity contribution in [1.82, 2.24) is 19.7 Å². The third kappa shape index (κ3) is 3.24. The molecule has 0 unspecified atom stereocenters. The van der Waals surface area contributed by atoms with Crippen LogP contribution in [0.5, 0.6) is 0 Å². The number of nitrogens with zero attached hydrogens (tertiary/aromatic N) is 3. The van der Waals surface area contributed by atoms with E-state index in [4.69, 9.17) is 0 Å². The van der Waals surface area contributed by atoms with Gasteiger partial charge in [-0.2, -0.15) is 0 Å². The molecule has 0 fully saturated rings. The van der Waals surface area contributed by atoms with Crippen molar-refractivity contribution < 1.29 is 8.42 Å². The van der Waals surface area contributed by atoms with Crippen LogP contribution in [0.4, 0.5) is 5.69 Å². The van der Waals surface area contributed by atoms with Crippen LogP contribution in [0.1, 0.15) is 5.69 Å². The molecule has 0 aliphatic carbocycles. The topological polar surface area (TPSA) is 96.9 Å². The molecule has 100 valence electrons. The van der Waals surface area contributed by atoms with Gasteiger partial charge in [-0.25, -0.2) is 28.1 Å². The number of anilines is 1. The van der Waals surface area contributed by atoms with Crippen LogP contribution in [-0.4, -0.2) is 30.4 Å². The van der Waals surface area contributed by atoms with E-state index in [-0.39, 0.29) is 11.6 Å². The molecule has 0 aliphatic heterocycles. The van der Waals surface area contributed by atoms with Crippen molar-refractivity contribution >= 4 is 15.7 Å². The van der Waals surface area contributed by atoms with Crippen LogP contribution in [0, 0.1) is 0 Å². The van der Waals surface area contributed by atoms with E-state index in [1.807, 2.05) is 0 Å². The number of hydrogen-bond donors (Lipinski definition) is 2. The fourth-order valence-corrected chi connectivity index (χ4v) is 2.59. The summed E-state index contributed by atoms with van der Waals surface area (Å²) >= 11 is 0. The second-order valence-electron chi connectivity index (χ2n) is 3.63. The van der Waals surface area contributed by atoms with Gasteiger partial charge in [0.2, 0.25) is 0 Å². The van der Waals surface area contributed by atoms with E-state index in [9.17, 15) is 8.42 Å². The molecule has 0 aromatic carbocycles. The highest BCUT2D eigenvalue weighted by Crippen LogP contribution is 2.16.